The average Bonchev–Trinajstić information content (AvgIpc) is 3.09. The predicted octanol–water partition coefficient (Wildman–Crippen LogP) is 5.26. The van der Waals surface area contributed by atoms with Gasteiger partial charge in [0.2, 0.25) is 5.91 Å². The van der Waals surface area contributed by atoms with Crippen molar-refractivity contribution < 1.29 is 14.3 Å². The lowest BCUT2D eigenvalue weighted by Crippen LogP contribution is -2.19. The number of fused-ring (bicyclic) bond motifs is 1. The lowest BCUT2D eigenvalue weighted by atomic mass is 10.1. The maximum absolute atomic E-state index is 13.0. The van der Waals surface area contributed by atoms with E-state index in [1.807, 2.05) is 41.0 Å². The highest BCUT2D eigenvalue weighted by Gasteiger charge is 2.26. The summed E-state index contributed by atoms with van der Waals surface area (Å²) in [6.45, 7) is 8.99. The molecule has 0 aliphatic rings. The maximum atomic E-state index is 13.0. The van der Waals surface area contributed by atoms with Crippen LogP contribution in [-0.2, 0) is 22.5 Å². The van der Waals surface area contributed by atoms with Crippen LogP contribution in [0.1, 0.15) is 56.6 Å². The van der Waals surface area contributed by atoms with Gasteiger partial charge in [-0.1, -0.05) is 58.0 Å². The molecule has 1 aromatic carbocycles. The molecule has 2 aromatic heterocycles. The topological polar surface area (TPSA) is 85.2 Å². The van der Waals surface area contributed by atoms with E-state index in [-0.39, 0.29) is 18.2 Å². The smallest absolute Gasteiger partial charge is 0.356 e. The molecule has 7 heteroatoms. The van der Waals surface area contributed by atoms with Crippen LogP contribution in [0.2, 0.25) is 0 Å². The van der Waals surface area contributed by atoms with E-state index >= 15 is 0 Å². The third kappa shape index (κ3) is 5.72. The molecular weight excluding hydrogens is 416 g/mol. The Balaban J connectivity index is 2.11. The van der Waals surface area contributed by atoms with Crippen molar-refractivity contribution in [3.63, 3.8) is 0 Å². The summed E-state index contributed by atoms with van der Waals surface area (Å²) in [5.74, 6) is -0.437. The van der Waals surface area contributed by atoms with Gasteiger partial charge in [-0.3, -0.25) is 4.79 Å². The molecule has 0 saturated heterocycles. The van der Waals surface area contributed by atoms with Gasteiger partial charge in [-0.15, -0.1) is 0 Å². The van der Waals surface area contributed by atoms with Crippen LogP contribution >= 0.6 is 0 Å². The Morgan fingerprint density at radius 2 is 1.82 bits per heavy atom. The number of pyridine rings is 1. The minimum Gasteiger partial charge on any atom is -0.464 e. The second-order valence-electron chi connectivity index (χ2n) is 8.68. The van der Waals surface area contributed by atoms with E-state index in [1.54, 1.807) is 6.20 Å². The Labute approximate surface area is 195 Å². The predicted molar refractivity (Wildman–Crippen MR) is 133 cm³/mol. The molecule has 0 spiro atoms. The van der Waals surface area contributed by atoms with Crippen LogP contribution in [0.3, 0.4) is 0 Å². The molecule has 0 fully saturated rings. The molecule has 2 heterocycles. The van der Waals surface area contributed by atoms with E-state index < -0.39 is 5.97 Å². The molecule has 0 unspecified atom stereocenters. The van der Waals surface area contributed by atoms with Crippen molar-refractivity contribution in [2.24, 2.45) is 5.92 Å². The van der Waals surface area contributed by atoms with Crippen LogP contribution in [-0.4, -0.2) is 34.6 Å². The second-order valence-corrected chi connectivity index (χ2v) is 8.68. The minimum absolute atomic E-state index is 0.201. The van der Waals surface area contributed by atoms with Gasteiger partial charge in [0.25, 0.3) is 0 Å². The van der Waals surface area contributed by atoms with Crippen molar-refractivity contribution in [3.8, 4) is 0 Å². The number of carbonyl (C=O) groups is 2. The lowest BCUT2D eigenvalue weighted by Gasteiger charge is -2.16. The minimum atomic E-state index is -0.502. The average molecular weight is 451 g/mol. The molecule has 2 N–H and O–H groups in total. The van der Waals surface area contributed by atoms with E-state index in [9.17, 15) is 9.59 Å². The molecule has 0 saturated carbocycles. The summed E-state index contributed by atoms with van der Waals surface area (Å²) in [6.07, 6.45) is 3.96. The highest BCUT2D eigenvalue weighted by Crippen LogP contribution is 2.33. The van der Waals surface area contributed by atoms with Gasteiger partial charge < -0.3 is 19.9 Å². The molecule has 33 heavy (non-hydrogen) atoms. The van der Waals surface area contributed by atoms with Gasteiger partial charge in [-0.2, -0.15) is 0 Å². The lowest BCUT2D eigenvalue weighted by molar-refractivity contribution is -0.115. The van der Waals surface area contributed by atoms with E-state index in [4.69, 9.17) is 4.74 Å². The summed E-state index contributed by atoms with van der Waals surface area (Å²) in [5, 5.41) is 7.21. The highest BCUT2D eigenvalue weighted by atomic mass is 16.5. The Bertz CT molecular complexity index is 1100. The first-order valence-corrected chi connectivity index (χ1v) is 11.6. The number of esters is 1. The fourth-order valence-electron chi connectivity index (χ4n) is 3.98. The van der Waals surface area contributed by atoms with Crippen molar-refractivity contribution in [1.29, 1.82) is 0 Å². The number of rotatable bonds is 10. The number of ether oxygens (including phenoxy) is 1. The van der Waals surface area contributed by atoms with E-state index in [0.717, 1.165) is 24.1 Å². The van der Waals surface area contributed by atoms with Crippen molar-refractivity contribution in [1.82, 2.24) is 9.55 Å². The summed E-state index contributed by atoms with van der Waals surface area (Å²) < 4.78 is 6.96. The van der Waals surface area contributed by atoms with Crippen molar-refractivity contribution >= 4 is 34.3 Å². The van der Waals surface area contributed by atoms with Gasteiger partial charge in [0.15, 0.2) is 5.69 Å². The Hall–Kier alpha value is -3.35. The third-order valence-electron chi connectivity index (χ3n) is 5.65. The molecule has 176 valence electrons. The quantitative estimate of drug-likeness (QED) is 0.412. The molecule has 1 amide bonds. The zero-order chi connectivity index (χ0) is 24.0. The Morgan fingerprint density at radius 1 is 1.12 bits per heavy atom. The largest absolute Gasteiger partial charge is 0.464 e. The van der Waals surface area contributed by atoms with Crippen LogP contribution in [0, 0.1) is 5.92 Å². The Morgan fingerprint density at radius 3 is 2.42 bits per heavy atom. The van der Waals surface area contributed by atoms with Gasteiger partial charge in [-0.05, 0) is 30.4 Å². The SMILES string of the molecule is CCC(CC)Nc1cnc2c(c1)c(NC(=O)Cc1ccccc1)c(C(=O)OC)n2CC(C)C. The number of hydrogen-bond donors (Lipinski definition) is 2. The van der Waals surface area contributed by atoms with Crippen LogP contribution in [0.15, 0.2) is 42.6 Å². The highest BCUT2D eigenvalue weighted by molar-refractivity contribution is 6.11. The first-order valence-electron chi connectivity index (χ1n) is 11.6. The number of carbonyl (C=O) groups excluding carboxylic acids is 2. The number of anilines is 2. The first kappa shape index (κ1) is 24.3. The van der Waals surface area contributed by atoms with Gasteiger partial charge >= 0.3 is 5.97 Å². The van der Waals surface area contributed by atoms with E-state index in [2.05, 4.69) is 43.3 Å². The van der Waals surface area contributed by atoms with Crippen molar-refractivity contribution in [3.05, 3.63) is 53.9 Å². The molecule has 3 aromatic rings. The third-order valence-corrected chi connectivity index (χ3v) is 5.65. The van der Waals surface area contributed by atoms with Crippen molar-refractivity contribution in [2.45, 2.75) is 59.5 Å². The number of aromatic nitrogens is 2. The zero-order valence-electron chi connectivity index (χ0n) is 20.1. The first-order chi connectivity index (χ1) is 15.9. The number of benzene rings is 1. The summed E-state index contributed by atoms with van der Waals surface area (Å²) in [4.78, 5) is 30.5. The summed E-state index contributed by atoms with van der Waals surface area (Å²) in [5.41, 5.74) is 3.16. The summed E-state index contributed by atoms with van der Waals surface area (Å²) >= 11 is 0. The van der Waals surface area contributed by atoms with Gasteiger partial charge in [0, 0.05) is 18.0 Å². The Kier molecular flexibility index (Phi) is 8.09. The number of nitrogens with zero attached hydrogens (tertiary/aromatic N) is 2. The summed E-state index contributed by atoms with van der Waals surface area (Å²) in [7, 11) is 1.35. The number of nitrogens with one attached hydrogen (secondary N) is 2. The van der Waals surface area contributed by atoms with E-state index in [0.29, 0.717) is 35.0 Å². The fourth-order valence-corrected chi connectivity index (χ4v) is 3.98. The van der Waals surface area contributed by atoms with Crippen LogP contribution in [0.5, 0.6) is 0 Å². The second kappa shape index (κ2) is 11.0. The number of amides is 1. The summed E-state index contributed by atoms with van der Waals surface area (Å²) in [6, 6.07) is 11.8. The van der Waals surface area contributed by atoms with Crippen LogP contribution < -0.4 is 10.6 Å². The zero-order valence-corrected chi connectivity index (χ0v) is 20.1. The maximum Gasteiger partial charge on any atom is 0.356 e. The van der Waals surface area contributed by atoms with Gasteiger partial charge in [-0.25, -0.2) is 9.78 Å². The normalized spacial score (nSPS) is 11.2. The molecule has 3 rings (SSSR count). The molecule has 7 nitrogen and oxygen atoms in total. The standard InChI is InChI=1S/C26H34N4O3/c1-6-19(7-2)28-20-14-21-23(29-22(31)13-18-11-9-8-10-12-18)24(26(32)33-5)30(16-17(3)4)25(21)27-15-20/h8-12,14-15,17,19,28H,6-7,13,16H2,1-5H3,(H,29,31). The molecule has 0 aliphatic carbocycles. The monoisotopic (exact) mass is 450 g/mol. The van der Waals surface area contributed by atoms with Gasteiger partial charge in [0.1, 0.15) is 5.65 Å². The van der Waals surface area contributed by atoms with Crippen molar-refractivity contribution in [2.75, 3.05) is 17.7 Å². The molecular formula is C26H34N4O3. The van der Waals surface area contributed by atoms with Crippen LogP contribution in [0.4, 0.5) is 11.4 Å². The van der Waals surface area contributed by atoms with Gasteiger partial charge in [0.05, 0.1) is 31.1 Å². The molecule has 0 aliphatic heterocycles. The molecule has 0 radical (unpaired) electrons. The molecule has 0 bridgehead atoms. The fraction of sp³-hybridized carbons (Fsp3) is 0.423. The number of hydrogen-bond acceptors (Lipinski definition) is 5. The molecule has 0 atom stereocenters. The van der Waals surface area contributed by atoms with E-state index in [1.165, 1.54) is 7.11 Å². The number of methoxy groups -OCH3 is 1. The van der Waals surface area contributed by atoms with Crippen LogP contribution in [0.25, 0.3) is 11.0 Å².